The van der Waals surface area contributed by atoms with Crippen LogP contribution in [0.25, 0.3) is 0 Å². The fraction of sp³-hybridized carbons (Fsp3) is 0.700. The highest BCUT2D eigenvalue weighted by molar-refractivity contribution is 9.10. The summed E-state index contributed by atoms with van der Waals surface area (Å²) in [6.07, 6.45) is -3.86. The quantitative estimate of drug-likeness (QED) is 0.930. The monoisotopic (exact) mass is 311 g/mol. The molecule has 1 aliphatic carbocycles. The summed E-state index contributed by atoms with van der Waals surface area (Å²) >= 11 is 3.34. The Bertz CT molecular complexity index is 435. The van der Waals surface area contributed by atoms with E-state index in [0.29, 0.717) is 0 Å². The third kappa shape index (κ3) is 2.22. The normalized spacial score (nSPS) is 18.5. The van der Waals surface area contributed by atoms with E-state index in [1.54, 1.807) is 11.7 Å². The number of rotatable bonds is 3. The van der Waals surface area contributed by atoms with Crippen LogP contribution in [0.15, 0.2) is 4.47 Å². The molecule has 0 amide bonds. The minimum Gasteiger partial charge on any atom is -0.298 e. The molecule has 1 aromatic heterocycles. The van der Waals surface area contributed by atoms with Gasteiger partial charge in [-0.2, -0.15) is 18.3 Å². The van der Waals surface area contributed by atoms with Crippen molar-refractivity contribution in [2.45, 2.75) is 38.0 Å². The van der Waals surface area contributed by atoms with Crippen LogP contribution in [-0.4, -0.2) is 21.5 Å². The fourth-order valence-corrected chi connectivity index (χ4v) is 2.29. The molecule has 3 nitrogen and oxygen atoms in total. The first-order chi connectivity index (χ1) is 7.77. The third-order valence-electron chi connectivity index (χ3n) is 3.15. The van der Waals surface area contributed by atoms with Crippen LogP contribution in [0.4, 0.5) is 13.2 Å². The molecule has 0 unspecified atom stereocenters. The van der Waals surface area contributed by atoms with Crippen molar-refractivity contribution in [1.82, 2.24) is 15.1 Å². The molecular weight excluding hydrogens is 299 g/mol. The van der Waals surface area contributed by atoms with Gasteiger partial charge in [-0.25, -0.2) is 0 Å². The SMILES string of the molecule is Cc1nn(C)c(CNC2(C(F)(F)F)CC2)c1Br. The summed E-state index contributed by atoms with van der Waals surface area (Å²) in [5, 5.41) is 6.75. The topological polar surface area (TPSA) is 29.9 Å². The zero-order valence-electron chi connectivity index (χ0n) is 9.53. The van der Waals surface area contributed by atoms with E-state index in [4.69, 9.17) is 0 Å². The van der Waals surface area contributed by atoms with E-state index in [0.717, 1.165) is 15.9 Å². The van der Waals surface area contributed by atoms with Gasteiger partial charge in [0.05, 0.1) is 15.9 Å². The van der Waals surface area contributed by atoms with Crippen molar-refractivity contribution in [2.75, 3.05) is 0 Å². The maximum Gasteiger partial charge on any atom is 0.406 e. The van der Waals surface area contributed by atoms with Gasteiger partial charge in [0.1, 0.15) is 5.54 Å². The summed E-state index contributed by atoms with van der Waals surface area (Å²) in [7, 11) is 1.72. The average Bonchev–Trinajstić information content (AvgIpc) is 2.93. The Morgan fingerprint density at radius 1 is 1.47 bits per heavy atom. The molecule has 0 radical (unpaired) electrons. The minimum atomic E-state index is -4.17. The van der Waals surface area contributed by atoms with Crippen molar-refractivity contribution in [1.29, 1.82) is 0 Å². The molecule has 0 bridgehead atoms. The predicted molar refractivity (Wildman–Crippen MR) is 60.5 cm³/mol. The molecule has 1 aliphatic rings. The summed E-state index contributed by atoms with van der Waals surface area (Å²) in [6.45, 7) is 1.97. The number of alkyl halides is 3. The van der Waals surface area contributed by atoms with Crippen LogP contribution in [0.2, 0.25) is 0 Å². The second-order valence-corrected chi connectivity index (χ2v) is 5.20. The number of aryl methyl sites for hydroxylation is 2. The molecule has 1 heterocycles. The summed E-state index contributed by atoms with van der Waals surface area (Å²) in [4.78, 5) is 0. The fourth-order valence-electron chi connectivity index (χ4n) is 1.81. The number of aromatic nitrogens is 2. The molecular formula is C10H13BrF3N3. The van der Waals surface area contributed by atoms with Gasteiger partial charge in [0.2, 0.25) is 0 Å². The largest absolute Gasteiger partial charge is 0.406 e. The molecule has 17 heavy (non-hydrogen) atoms. The molecule has 7 heteroatoms. The third-order valence-corrected chi connectivity index (χ3v) is 4.18. The molecule has 2 rings (SSSR count). The lowest BCUT2D eigenvalue weighted by Crippen LogP contribution is -2.44. The molecule has 0 spiro atoms. The van der Waals surface area contributed by atoms with E-state index in [1.165, 1.54) is 0 Å². The van der Waals surface area contributed by atoms with Crippen LogP contribution in [-0.2, 0) is 13.6 Å². The lowest BCUT2D eigenvalue weighted by molar-refractivity contribution is -0.166. The van der Waals surface area contributed by atoms with Crippen LogP contribution in [0.5, 0.6) is 0 Å². The van der Waals surface area contributed by atoms with Gasteiger partial charge < -0.3 is 0 Å². The first-order valence-corrected chi connectivity index (χ1v) is 6.06. The Morgan fingerprint density at radius 3 is 2.41 bits per heavy atom. The van der Waals surface area contributed by atoms with Gasteiger partial charge in [-0.15, -0.1) is 0 Å². The van der Waals surface area contributed by atoms with Gasteiger partial charge >= 0.3 is 6.18 Å². The van der Waals surface area contributed by atoms with Crippen LogP contribution >= 0.6 is 15.9 Å². The molecule has 1 saturated carbocycles. The first-order valence-electron chi connectivity index (χ1n) is 5.26. The molecule has 96 valence electrons. The Kier molecular flexibility index (Phi) is 3.02. The highest BCUT2D eigenvalue weighted by atomic mass is 79.9. The second-order valence-electron chi connectivity index (χ2n) is 4.40. The molecule has 1 N–H and O–H groups in total. The highest BCUT2D eigenvalue weighted by Crippen LogP contribution is 2.49. The maximum atomic E-state index is 12.7. The minimum absolute atomic E-state index is 0.158. The van der Waals surface area contributed by atoms with Crippen LogP contribution in [0.1, 0.15) is 24.2 Å². The van der Waals surface area contributed by atoms with Gasteiger partial charge in [-0.05, 0) is 35.7 Å². The van der Waals surface area contributed by atoms with Crippen molar-refractivity contribution in [3.05, 3.63) is 15.9 Å². The first kappa shape index (κ1) is 12.9. The van der Waals surface area contributed by atoms with E-state index < -0.39 is 11.7 Å². The van der Waals surface area contributed by atoms with E-state index >= 15 is 0 Å². The summed E-state index contributed by atoms with van der Waals surface area (Å²) < 4.78 is 40.5. The molecule has 0 aromatic carbocycles. The van der Waals surface area contributed by atoms with Gasteiger partial charge in [0, 0.05) is 13.6 Å². The van der Waals surface area contributed by atoms with Gasteiger partial charge in [0.15, 0.2) is 0 Å². The zero-order chi connectivity index (χ0) is 12.8. The Hall–Kier alpha value is -0.560. The van der Waals surface area contributed by atoms with E-state index in [-0.39, 0.29) is 19.4 Å². The Labute approximate surface area is 106 Å². The van der Waals surface area contributed by atoms with Crippen molar-refractivity contribution in [3.63, 3.8) is 0 Å². The number of hydrogen-bond acceptors (Lipinski definition) is 2. The van der Waals surface area contributed by atoms with E-state index in [9.17, 15) is 13.2 Å². The number of nitrogens with zero attached hydrogens (tertiary/aromatic N) is 2. The number of halogens is 4. The second kappa shape index (κ2) is 3.98. The zero-order valence-corrected chi connectivity index (χ0v) is 11.1. The van der Waals surface area contributed by atoms with Crippen molar-refractivity contribution < 1.29 is 13.2 Å². The Morgan fingerprint density at radius 2 is 2.06 bits per heavy atom. The number of nitrogens with one attached hydrogen (secondary N) is 1. The van der Waals surface area contributed by atoms with Crippen molar-refractivity contribution in [2.24, 2.45) is 7.05 Å². The van der Waals surface area contributed by atoms with Crippen LogP contribution in [0.3, 0.4) is 0 Å². The number of hydrogen-bond donors (Lipinski definition) is 1. The maximum absolute atomic E-state index is 12.7. The van der Waals surface area contributed by atoms with Crippen molar-refractivity contribution >= 4 is 15.9 Å². The Balaban J connectivity index is 2.09. The van der Waals surface area contributed by atoms with Crippen LogP contribution in [0, 0.1) is 6.92 Å². The standard InChI is InChI=1S/C10H13BrF3N3/c1-6-8(11)7(17(2)16-6)5-15-9(3-4-9)10(12,13)14/h15H,3-5H2,1-2H3. The predicted octanol–water partition coefficient (Wildman–Crippen LogP) is 2.68. The van der Waals surface area contributed by atoms with Gasteiger partial charge in [-0.1, -0.05) is 0 Å². The van der Waals surface area contributed by atoms with Gasteiger partial charge in [0.25, 0.3) is 0 Å². The van der Waals surface area contributed by atoms with Crippen molar-refractivity contribution in [3.8, 4) is 0 Å². The summed E-state index contributed by atoms with van der Waals surface area (Å²) in [5.41, 5.74) is -0.163. The smallest absolute Gasteiger partial charge is 0.298 e. The van der Waals surface area contributed by atoms with Crippen LogP contribution < -0.4 is 5.32 Å². The van der Waals surface area contributed by atoms with E-state index in [1.807, 2.05) is 6.92 Å². The molecule has 0 saturated heterocycles. The average molecular weight is 312 g/mol. The lowest BCUT2D eigenvalue weighted by Gasteiger charge is -2.20. The lowest BCUT2D eigenvalue weighted by atomic mass is 10.2. The van der Waals surface area contributed by atoms with Gasteiger partial charge in [-0.3, -0.25) is 10.00 Å². The summed E-state index contributed by atoms with van der Waals surface area (Å²) in [5.74, 6) is 0. The highest BCUT2D eigenvalue weighted by Gasteiger charge is 2.63. The molecule has 0 atom stereocenters. The molecule has 1 fully saturated rings. The molecule has 1 aromatic rings. The molecule has 0 aliphatic heterocycles. The summed E-state index contributed by atoms with van der Waals surface area (Å²) in [6, 6.07) is 0. The van der Waals surface area contributed by atoms with E-state index in [2.05, 4.69) is 26.3 Å².